The molecule has 2 rings (SSSR count). The van der Waals surface area contributed by atoms with Crippen molar-refractivity contribution in [3.05, 3.63) is 16.6 Å². The molecule has 0 aliphatic rings. The van der Waals surface area contributed by atoms with Crippen LogP contribution >= 0.6 is 11.3 Å². The van der Waals surface area contributed by atoms with E-state index < -0.39 is 11.9 Å². The third-order valence-corrected chi connectivity index (χ3v) is 5.61. The number of hydrogen-bond acceptors (Lipinski definition) is 5. The molecule has 1 atom stereocenters. The molecule has 0 spiro atoms. The van der Waals surface area contributed by atoms with E-state index in [1.165, 1.54) is 11.3 Å². The Balaban J connectivity index is 2.25. The number of nitrogens with zero attached hydrogens (tertiary/aromatic N) is 3. The molecule has 8 heteroatoms. The molecule has 0 aliphatic carbocycles. The fourth-order valence-electron chi connectivity index (χ4n) is 2.94. The van der Waals surface area contributed by atoms with E-state index in [4.69, 9.17) is 4.74 Å². The molecule has 27 heavy (non-hydrogen) atoms. The van der Waals surface area contributed by atoms with Crippen LogP contribution in [0.2, 0.25) is 0 Å². The third kappa shape index (κ3) is 5.07. The predicted molar refractivity (Wildman–Crippen MR) is 106 cm³/mol. The first kappa shape index (κ1) is 21.4. The summed E-state index contributed by atoms with van der Waals surface area (Å²) in [4.78, 5) is 27.6. The number of aryl methyl sites for hydroxylation is 1. The summed E-state index contributed by atoms with van der Waals surface area (Å²) >= 11 is 1.41. The van der Waals surface area contributed by atoms with Crippen molar-refractivity contribution in [2.75, 3.05) is 26.3 Å². The standard InChI is InChI=1S/C19H29N3O4S/c1-6-26-9-7-8-22(11-13(4)19(24)25)17(23)15-10-14-16(12(2)3)20-21(5)18(14)27-15/h10,12-13H,6-9,11H2,1-5H3,(H,24,25). The first-order chi connectivity index (χ1) is 12.8. The number of fused-ring (bicyclic) bond motifs is 1. The van der Waals surface area contributed by atoms with E-state index >= 15 is 0 Å². The lowest BCUT2D eigenvalue weighted by molar-refractivity contribution is -0.141. The first-order valence-corrected chi connectivity index (χ1v) is 10.1. The average Bonchev–Trinajstić information content (AvgIpc) is 3.17. The summed E-state index contributed by atoms with van der Waals surface area (Å²) in [7, 11) is 1.88. The van der Waals surface area contributed by atoms with Crippen molar-refractivity contribution < 1.29 is 19.4 Å². The van der Waals surface area contributed by atoms with Gasteiger partial charge in [0.15, 0.2) is 0 Å². The van der Waals surface area contributed by atoms with Crippen molar-refractivity contribution in [3.63, 3.8) is 0 Å². The lowest BCUT2D eigenvalue weighted by Gasteiger charge is -2.24. The van der Waals surface area contributed by atoms with Crippen LogP contribution in [0.4, 0.5) is 0 Å². The van der Waals surface area contributed by atoms with Gasteiger partial charge in [-0.1, -0.05) is 20.8 Å². The van der Waals surface area contributed by atoms with E-state index in [9.17, 15) is 14.7 Å². The highest BCUT2D eigenvalue weighted by Gasteiger charge is 2.25. The topological polar surface area (TPSA) is 84.7 Å². The Hall–Kier alpha value is -1.93. The minimum absolute atomic E-state index is 0.129. The number of carbonyl (C=O) groups excluding carboxylic acids is 1. The van der Waals surface area contributed by atoms with Crippen LogP contribution in [0.25, 0.3) is 10.2 Å². The second kappa shape index (κ2) is 9.32. The number of ether oxygens (including phenoxy) is 1. The Labute approximate surface area is 163 Å². The highest BCUT2D eigenvalue weighted by molar-refractivity contribution is 7.20. The van der Waals surface area contributed by atoms with Crippen molar-refractivity contribution in [2.24, 2.45) is 13.0 Å². The van der Waals surface area contributed by atoms with Gasteiger partial charge in [-0.05, 0) is 25.3 Å². The summed E-state index contributed by atoms with van der Waals surface area (Å²) < 4.78 is 7.16. The second-order valence-electron chi connectivity index (χ2n) is 7.03. The van der Waals surface area contributed by atoms with E-state index in [1.54, 1.807) is 11.8 Å². The van der Waals surface area contributed by atoms with Gasteiger partial charge in [-0.15, -0.1) is 11.3 Å². The van der Waals surface area contributed by atoms with Crippen LogP contribution in [0.3, 0.4) is 0 Å². The number of carboxylic acid groups (broad SMARTS) is 1. The molecular weight excluding hydrogens is 366 g/mol. The van der Waals surface area contributed by atoms with Crippen LogP contribution in [-0.2, 0) is 16.6 Å². The lowest BCUT2D eigenvalue weighted by atomic mass is 10.1. The van der Waals surface area contributed by atoms with Crippen molar-refractivity contribution in [3.8, 4) is 0 Å². The maximum Gasteiger partial charge on any atom is 0.308 e. The van der Waals surface area contributed by atoms with Gasteiger partial charge >= 0.3 is 5.97 Å². The number of carboxylic acids is 1. The summed E-state index contributed by atoms with van der Waals surface area (Å²) in [5.74, 6) is -1.39. The largest absolute Gasteiger partial charge is 0.481 e. The minimum Gasteiger partial charge on any atom is -0.481 e. The first-order valence-electron chi connectivity index (χ1n) is 9.32. The SMILES string of the molecule is CCOCCCN(CC(C)C(=O)O)C(=O)c1cc2c(C(C)C)nn(C)c2s1. The third-order valence-electron chi connectivity index (χ3n) is 4.42. The Bertz CT molecular complexity index is 796. The molecule has 0 saturated carbocycles. The molecule has 0 bridgehead atoms. The quantitative estimate of drug-likeness (QED) is 0.624. The average molecular weight is 396 g/mol. The monoisotopic (exact) mass is 395 g/mol. The molecule has 2 heterocycles. The minimum atomic E-state index is -0.903. The van der Waals surface area contributed by atoms with Crippen LogP contribution in [0.1, 0.15) is 55.4 Å². The fraction of sp³-hybridized carbons (Fsp3) is 0.632. The molecule has 0 aliphatic heterocycles. The highest BCUT2D eigenvalue weighted by Crippen LogP contribution is 2.32. The van der Waals surface area contributed by atoms with Gasteiger partial charge in [-0.3, -0.25) is 14.3 Å². The van der Waals surface area contributed by atoms with Gasteiger partial charge in [0.2, 0.25) is 0 Å². The zero-order valence-corrected chi connectivity index (χ0v) is 17.5. The van der Waals surface area contributed by atoms with Gasteiger partial charge in [-0.25, -0.2) is 0 Å². The summed E-state index contributed by atoms with van der Waals surface area (Å²) in [6.45, 7) is 9.54. The Kier molecular flexibility index (Phi) is 7.38. The molecule has 2 aromatic heterocycles. The maximum absolute atomic E-state index is 13.1. The number of rotatable bonds is 10. The lowest BCUT2D eigenvalue weighted by Crippen LogP contribution is -2.37. The highest BCUT2D eigenvalue weighted by atomic mass is 32.1. The molecule has 0 saturated heterocycles. The predicted octanol–water partition coefficient (Wildman–Crippen LogP) is 3.35. The molecule has 1 unspecified atom stereocenters. The maximum atomic E-state index is 13.1. The molecule has 1 amide bonds. The van der Waals surface area contributed by atoms with Crippen LogP contribution in [0, 0.1) is 5.92 Å². The Morgan fingerprint density at radius 2 is 2.07 bits per heavy atom. The molecule has 7 nitrogen and oxygen atoms in total. The van der Waals surface area contributed by atoms with Crippen molar-refractivity contribution in [2.45, 2.75) is 40.0 Å². The zero-order valence-electron chi connectivity index (χ0n) is 16.7. The smallest absolute Gasteiger partial charge is 0.308 e. The zero-order chi connectivity index (χ0) is 20.1. The molecular formula is C19H29N3O4S. The Morgan fingerprint density at radius 1 is 1.37 bits per heavy atom. The van der Waals surface area contributed by atoms with E-state index in [0.717, 1.165) is 15.9 Å². The number of hydrogen-bond donors (Lipinski definition) is 1. The molecule has 1 N–H and O–H groups in total. The number of aromatic nitrogens is 2. The number of carbonyl (C=O) groups is 2. The summed E-state index contributed by atoms with van der Waals surface area (Å²) in [5, 5.41) is 14.8. The van der Waals surface area contributed by atoms with Crippen LogP contribution in [0.15, 0.2) is 6.07 Å². The molecule has 0 radical (unpaired) electrons. The van der Waals surface area contributed by atoms with E-state index in [-0.39, 0.29) is 18.4 Å². The Morgan fingerprint density at radius 3 is 2.67 bits per heavy atom. The number of amides is 1. The molecule has 150 valence electrons. The molecule has 2 aromatic rings. The van der Waals surface area contributed by atoms with Crippen molar-refractivity contribution in [1.82, 2.24) is 14.7 Å². The number of aliphatic carboxylic acids is 1. The summed E-state index contributed by atoms with van der Waals surface area (Å²) in [6.07, 6.45) is 0.676. The second-order valence-corrected chi connectivity index (χ2v) is 8.06. The normalized spacial score (nSPS) is 12.7. The van der Waals surface area contributed by atoms with E-state index in [1.807, 2.05) is 24.7 Å². The van der Waals surface area contributed by atoms with Crippen molar-refractivity contribution >= 4 is 33.4 Å². The van der Waals surface area contributed by atoms with Crippen molar-refractivity contribution in [1.29, 1.82) is 0 Å². The van der Waals surface area contributed by atoms with Crippen LogP contribution in [-0.4, -0.2) is 58.0 Å². The van der Waals surface area contributed by atoms with Gasteiger partial charge in [0.25, 0.3) is 5.91 Å². The van der Waals surface area contributed by atoms with Crippen LogP contribution in [0.5, 0.6) is 0 Å². The van der Waals surface area contributed by atoms with Gasteiger partial charge < -0.3 is 14.7 Å². The molecule has 0 fully saturated rings. The summed E-state index contributed by atoms with van der Waals surface area (Å²) in [6, 6.07) is 1.89. The number of thiophene rings is 1. The van der Waals surface area contributed by atoms with E-state index in [0.29, 0.717) is 31.1 Å². The molecule has 0 aromatic carbocycles. The fourth-order valence-corrected chi connectivity index (χ4v) is 3.99. The van der Waals surface area contributed by atoms with Crippen LogP contribution < -0.4 is 0 Å². The van der Waals surface area contributed by atoms with Gasteiger partial charge in [0.05, 0.1) is 16.5 Å². The van der Waals surface area contributed by atoms with Gasteiger partial charge in [-0.2, -0.15) is 5.10 Å². The van der Waals surface area contributed by atoms with Gasteiger partial charge in [0, 0.05) is 38.7 Å². The van der Waals surface area contributed by atoms with E-state index in [2.05, 4.69) is 18.9 Å². The van der Waals surface area contributed by atoms with Gasteiger partial charge in [0.1, 0.15) is 4.83 Å². The summed E-state index contributed by atoms with van der Waals surface area (Å²) in [5.41, 5.74) is 0.976.